The van der Waals surface area contributed by atoms with E-state index in [4.69, 9.17) is 0 Å². The van der Waals surface area contributed by atoms with E-state index in [0.717, 1.165) is 30.5 Å². The molecule has 0 fully saturated rings. The van der Waals surface area contributed by atoms with Crippen LogP contribution in [-0.2, 0) is 6.54 Å². The summed E-state index contributed by atoms with van der Waals surface area (Å²) >= 11 is 0. The lowest BCUT2D eigenvalue weighted by atomic mass is 10.1. The van der Waals surface area contributed by atoms with E-state index in [0.29, 0.717) is 13.1 Å². The lowest BCUT2D eigenvalue weighted by Gasteiger charge is -2.25. The van der Waals surface area contributed by atoms with E-state index in [2.05, 4.69) is 29.5 Å². The summed E-state index contributed by atoms with van der Waals surface area (Å²) in [6, 6.07) is 10.2. The van der Waals surface area contributed by atoms with Crippen LogP contribution in [0.5, 0.6) is 0 Å². The Morgan fingerprint density at radius 1 is 1.33 bits per heavy atom. The molecule has 1 atom stereocenters. The van der Waals surface area contributed by atoms with Crippen LogP contribution in [0.25, 0.3) is 5.69 Å². The molecule has 1 aromatic carbocycles. The Labute approximate surface area is 143 Å². The summed E-state index contributed by atoms with van der Waals surface area (Å²) in [5.41, 5.74) is 2.09. The first-order chi connectivity index (χ1) is 11.8. The smallest absolute Gasteiger partial charge is 0.318 e. The van der Waals surface area contributed by atoms with Gasteiger partial charge in [0.15, 0.2) is 0 Å². The van der Waals surface area contributed by atoms with Gasteiger partial charge in [-0.15, -0.1) is 0 Å². The average Bonchev–Trinajstić information content (AvgIpc) is 3.30. The number of carbonyl (C=O) groups excluding carboxylic acids is 1. The zero-order chi connectivity index (χ0) is 16.8. The molecule has 0 saturated carbocycles. The van der Waals surface area contributed by atoms with Crippen molar-refractivity contribution in [2.75, 3.05) is 6.54 Å². The Morgan fingerprint density at radius 3 is 2.88 bits per heavy atom. The second kappa shape index (κ2) is 7.81. The van der Waals surface area contributed by atoms with Crippen molar-refractivity contribution in [2.45, 2.75) is 38.8 Å². The number of hydrogen-bond donors (Lipinski definition) is 1. The van der Waals surface area contributed by atoms with E-state index < -0.39 is 0 Å². The highest BCUT2D eigenvalue weighted by Crippen LogP contribution is 2.16. The Bertz CT molecular complexity index is 676. The molecule has 126 valence electrons. The third kappa shape index (κ3) is 3.85. The van der Waals surface area contributed by atoms with Crippen LogP contribution in [0.2, 0.25) is 0 Å². The van der Waals surface area contributed by atoms with Gasteiger partial charge in [0.25, 0.3) is 0 Å². The summed E-state index contributed by atoms with van der Waals surface area (Å²) in [6.07, 6.45) is 11.2. The fraction of sp³-hybridized carbons (Fsp3) is 0.368. The standard InChI is InChI=1S/C19H24N4O/c1-2-3-6-17-7-4-13-22(17)19(24)20-15-16-8-10-18(11-9-16)23-14-5-12-21-23/h4-5,7-12,14,17H,2-3,6,13,15H2,1H3,(H,20,24)/t17-/m0/s1. The fourth-order valence-corrected chi connectivity index (χ4v) is 2.94. The van der Waals surface area contributed by atoms with Gasteiger partial charge in [-0.2, -0.15) is 5.10 Å². The fourth-order valence-electron chi connectivity index (χ4n) is 2.94. The van der Waals surface area contributed by atoms with Crippen LogP contribution >= 0.6 is 0 Å². The highest BCUT2D eigenvalue weighted by atomic mass is 16.2. The van der Waals surface area contributed by atoms with Gasteiger partial charge >= 0.3 is 6.03 Å². The van der Waals surface area contributed by atoms with Crippen molar-refractivity contribution in [1.29, 1.82) is 0 Å². The Kier molecular flexibility index (Phi) is 5.31. The Hall–Kier alpha value is -2.56. The highest BCUT2D eigenvalue weighted by molar-refractivity contribution is 5.75. The molecule has 5 nitrogen and oxygen atoms in total. The van der Waals surface area contributed by atoms with Gasteiger partial charge in [-0.05, 0) is 30.2 Å². The summed E-state index contributed by atoms with van der Waals surface area (Å²) < 4.78 is 1.82. The molecule has 1 aromatic heterocycles. The number of amides is 2. The van der Waals surface area contributed by atoms with Crippen LogP contribution in [0.3, 0.4) is 0 Å². The SMILES string of the molecule is CCCC[C@H]1C=CCN1C(=O)NCc1ccc(-n2cccn2)cc1. The Morgan fingerprint density at radius 2 is 2.17 bits per heavy atom. The number of unbranched alkanes of at least 4 members (excludes halogenated alkanes) is 1. The summed E-state index contributed by atoms with van der Waals surface area (Å²) in [4.78, 5) is 14.3. The second-order valence-electron chi connectivity index (χ2n) is 6.07. The van der Waals surface area contributed by atoms with E-state index >= 15 is 0 Å². The van der Waals surface area contributed by atoms with Crippen LogP contribution in [0, 0.1) is 0 Å². The number of carbonyl (C=O) groups is 1. The molecule has 0 spiro atoms. The molecular formula is C19H24N4O. The zero-order valence-electron chi connectivity index (χ0n) is 14.1. The van der Waals surface area contributed by atoms with Gasteiger partial charge in [0.1, 0.15) is 0 Å². The second-order valence-corrected chi connectivity index (χ2v) is 6.07. The summed E-state index contributed by atoms with van der Waals surface area (Å²) in [5, 5.41) is 7.23. The lowest BCUT2D eigenvalue weighted by molar-refractivity contribution is 0.193. The lowest BCUT2D eigenvalue weighted by Crippen LogP contribution is -2.42. The highest BCUT2D eigenvalue weighted by Gasteiger charge is 2.23. The first-order valence-corrected chi connectivity index (χ1v) is 8.58. The maximum atomic E-state index is 12.4. The molecule has 2 heterocycles. The Balaban J connectivity index is 1.52. The molecule has 0 aliphatic carbocycles. The minimum absolute atomic E-state index is 0.0113. The van der Waals surface area contributed by atoms with Crippen LogP contribution in [0.1, 0.15) is 31.7 Å². The zero-order valence-corrected chi connectivity index (χ0v) is 14.1. The number of hydrogen-bond acceptors (Lipinski definition) is 2. The van der Waals surface area contributed by atoms with Crippen molar-refractivity contribution in [3.05, 3.63) is 60.4 Å². The summed E-state index contributed by atoms with van der Waals surface area (Å²) in [5.74, 6) is 0. The quantitative estimate of drug-likeness (QED) is 0.827. The predicted molar refractivity (Wildman–Crippen MR) is 95.0 cm³/mol. The van der Waals surface area contributed by atoms with Gasteiger partial charge in [0.2, 0.25) is 0 Å². The number of benzene rings is 1. The molecule has 1 N–H and O–H groups in total. The first-order valence-electron chi connectivity index (χ1n) is 8.58. The third-order valence-electron chi connectivity index (χ3n) is 4.32. The van der Waals surface area contributed by atoms with Gasteiger partial charge in [0.05, 0.1) is 11.7 Å². The van der Waals surface area contributed by atoms with Gasteiger partial charge in [-0.1, -0.05) is 44.1 Å². The number of urea groups is 1. The van der Waals surface area contributed by atoms with Crippen molar-refractivity contribution >= 4 is 6.03 Å². The van der Waals surface area contributed by atoms with Crippen LogP contribution in [-0.4, -0.2) is 33.3 Å². The molecule has 1 aliphatic rings. The van der Waals surface area contributed by atoms with Gasteiger partial charge in [0, 0.05) is 25.5 Å². The molecule has 2 aromatic rings. The molecule has 3 rings (SSSR count). The normalized spacial score (nSPS) is 16.5. The van der Waals surface area contributed by atoms with E-state index in [9.17, 15) is 4.79 Å². The molecule has 2 amide bonds. The molecular weight excluding hydrogens is 300 g/mol. The van der Waals surface area contributed by atoms with Gasteiger partial charge < -0.3 is 10.2 Å². The summed E-state index contributed by atoms with van der Waals surface area (Å²) in [7, 11) is 0. The van der Waals surface area contributed by atoms with Gasteiger partial charge in [-0.25, -0.2) is 9.48 Å². The minimum Gasteiger partial charge on any atom is -0.334 e. The predicted octanol–water partition coefficient (Wildman–Crippen LogP) is 3.51. The van der Waals surface area contributed by atoms with Crippen molar-refractivity contribution < 1.29 is 4.79 Å². The molecule has 0 saturated heterocycles. The van der Waals surface area contributed by atoms with Crippen molar-refractivity contribution in [2.24, 2.45) is 0 Å². The number of aromatic nitrogens is 2. The van der Waals surface area contributed by atoms with Crippen molar-refractivity contribution in [3.63, 3.8) is 0 Å². The number of rotatable bonds is 6. The van der Waals surface area contributed by atoms with E-state index in [1.807, 2.05) is 46.1 Å². The molecule has 1 aliphatic heterocycles. The molecule has 5 heteroatoms. The van der Waals surface area contributed by atoms with Crippen molar-refractivity contribution in [1.82, 2.24) is 20.0 Å². The molecule has 0 bridgehead atoms. The maximum Gasteiger partial charge on any atom is 0.318 e. The summed E-state index contributed by atoms with van der Waals surface area (Å²) in [6.45, 7) is 3.42. The van der Waals surface area contributed by atoms with Crippen LogP contribution in [0.4, 0.5) is 4.79 Å². The number of nitrogens with one attached hydrogen (secondary N) is 1. The maximum absolute atomic E-state index is 12.4. The van der Waals surface area contributed by atoms with Gasteiger partial charge in [-0.3, -0.25) is 0 Å². The first kappa shape index (κ1) is 16.3. The molecule has 24 heavy (non-hydrogen) atoms. The van der Waals surface area contributed by atoms with Crippen LogP contribution < -0.4 is 5.32 Å². The monoisotopic (exact) mass is 324 g/mol. The number of nitrogens with zero attached hydrogens (tertiary/aromatic N) is 3. The molecule has 0 unspecified atom stereocenters. The topological polar surface area (TPSA) is 50.2 Å². The minimum atomic E-state index is 0.0113. The van der Waals surface area contributed by atoms with E-state index in [1.165, 1.54) is 0 Å². The molecule has 0 radical (unpaired) electrons. The third-order valence-corrected chi connectivity index (χ3v) is 4.32. The van der Waals surface area contributed by atoms with Crippen LogP contribution in [0.15, 0.2) is 54.9 Å². The van der Waals surface area contributed by atoms with Crippen molar-refractivity contribution in [3.8, 4) is 5.69 Å². The van der Waals surface area contributed by atoms with E-state index in [-0.39, 0.29) is 12.1 Å². The van der Waals surface area contributed by atoms with E-state index in [1.54, 1.807) is 6.20 Å². The largest absolute Gasteiger partial charge is 0.334 e. The average molecular weight is 324 g/mol.